The molecule has 0 saturated carbocycles. The second kappa shape index (κ2) is 7.08. The Hall–Kier alpha value is -1.35. The van der Waals surface area contributed by atoms with Crippen LogP contribution in [0.4, 0.5) is 0 Å². The van der Waals surface area contributed by atoms with E-state index in [1.54, 1.807) is 0 Å². The highest BCUT2D eigenvalue weighted by Crippen LogP contribution is 2.29. The lowest BCUT2D eigenvalue weighted by molar-refractivity contribution is -0.136. The van der Waals surface area contributed by atoms with E-state index in [0.29, 0.717) is 0 Å². The van der Waals surface area contributed by atoms with E-state index >= 15 is 0 Å². The van der Waals surface area contributed by atoms with Crippen molar-refractivity contribution in [3.05, 3.63) is 27.7 Å². The zero-order valence-electron chi connectivity index (χ0n) is 10.7. The Morgan fingerprint density at radius 1 is 1.33 bits per heavy atom. The number of methoxy groups -OCH3 is 1. The standard InChI is InChI=1S/C11H11Cl2NO6S/c1-20-11(17)7-4-6(12)5-8(13)10(7)21(18,19)14-3-2-9(15)16/h4-5,14H,2-3H2,1H3,(H,15,16). The highest BCUT2D eigenvalue weighted by atomic mass is 35.5. The fraction of sp³-hybridized carbons (Fsp3) is 0.273. The third-order valence-corrected chi connectivity index (χ3v) is 4.50. The Kier molecular flexibility index (Phi) is 5.97. The molecule has 0 unspecified atom stereocenters. The molecule has 1 aromatic rings. The molecule has 10 heteroatoms. The Balaban J connectivity index is 3.27. The molecule has 1 aromatic carbocycles. The van der Waals surface area contributed by atoms with Gasteiger partial charge in [0.05, 0.1) is 24.1 Å². The Bertz CT molecular complexity index is 674. The predicted octanol–water partition coefficient (Wildman–Crippen LogP) is 1.53. The van der Waals surface area contributed by atoms with Gasteiger partial charge in [0, 0.05) is 11.6 Å². The van der Waals surface area contributed by atoms with Gasteiger partial charge in [-0.25, -0.2) is 17.9 Å². The Morgan fingerprint density at radius 2 is 1.95 bits per heavy atom. The summed E-state index contributed by atoms with van der Waals surface area (Å²) >= 11 is 11.6. The van der Waals surface area contributed by atoms with Gasteiger partial charge < -0.3 is 9.84 Å². The number of halogens is 2. The van der Waals surface area contributed by atoms with Gasteiger partial charge in [0.1, 0.15) is 4.90 Å². The summed E-state index contributed by atoms with van der Waals surface area (Å²) in [6, 6.07) is 2.26. The monoisotopic (exact) mass is 355 g/mol. The van der Waals surface area contributed by atoms with Crippen molar-refractivity contribution in [2.24, 2.45) is 0 Å². The number of carboxylic acid groups (broad SMARTS) is 1. The SMILES string of the molecule is COC(=O)c1cc(Cl)cc(Cl)c1S(=O)(=O)NCCC(=O)O. The number of carbonyl (C=O) groups excluding carboxylic acids is 1. The average molecular weight is 356 g/mol. The molecule has 1 rings (SSSR count). The molecule has 0 saturated heterocycles. The molecule has 116 valence electrons. The van der Waals surface area contributed by atoms with Crippen molar-refractivity contribution in [1.29, 1.82) is 0 Å². The number of carbonyl (C=O) groups is 2. The Labute approximate surface area is 130 Å². The summed E-state index contributed by atoms with van der Waals surface area (Å²) in [5.41, 5.74) is -0.335. The number of sulfonamides is 1. The average Bonchev–Trinajstić information content (AvgIpc) is 2.35. The molecule has 2 N–H and O–H groups in total. The van der Waals surface area contributed by atoms with Gasteiger partial charge in [0.25, 0.3) is 0 Å². The van der Waals surface area contributed by atoms with E-state index in [1.165, 1.54) is 0 Å². The summed E-state index contributed by atoms with van der Waals surface area (Å²) in [6.45, 7) is -0.350. The summed E-state index contributed by atoms with van der Waals surface area (Å²) in [4.78, 5) is 21.5. The first-order valence-electron chi connectivity index (χ1n) is 5.48. The summed E-state index contributed by atoms with van der Waals surface area (Å²) in [6.07, 6.45) is -0.419. The molecule has 0 bridgehead atoms. The molecule has 0 amide bonds. The van der Waals surface area contributed by atoms with E-state index in [-0.39, 0.29) is 22.2 Å². The highest BCUT2D eigenvalue weighted by molar-refractivity contribution is 7.89. The van der Waals surface area contributed by atoms with E-state index < -0.39 is 33.3 Å². The van der Waals surface area contributed by atoms with E-state index in [1.807, 2.05) is 4.72 Å². The molecular weight excluding hydrogens is 345 g/mol. The van der Waals surface area contributed by atoms with Crippen LogP contribution < -0.4 is 4.72 Å². The van der Waals surface area contributed by atoms with Gasteiger partial charge in [-0.2, -0.15) is 0 Å². The maximum absolute atomic E-state index is 12.1. The van der Waals surface area contributed by atoms with E-state index in [4.69, 9.17) is 28.3 Å². The third-order valence-electron chi connectivity index (χ3n) is 2.31. The van der Waals surface area contributed by atoms with Crippen molar-refractivity contribution in [1.82, 2.24) is 4.72 Å². The van der Waals surface area contributed by atoms with Crippen molar-refractivity contribution in [2.45, 2.75) is 11.3 Å². The second-order valence-electron chi connectivity index (χ2n) is 3.80. The fourth-order valence-corrected chi connectivity index (χ4v) is 3.52. The topological polar surface area (TPSA) is 110 Å². The first-order valence-corrected chi connectivity index (χ1v) is 7.71. The van der Waals surface area contributed by atoms with Crippen LogP contribution in [-0.4, -0.2) is 39.1 Å². The predicted molar refractivity (Wildman–Crippen MR) is 75.2 cm³/mol. The van der Waals surface area contributed by atoms with Gasteiger partial charge in [-0.15, -0.1) is 0 Å². The minimum Gasteiger partial charge on any atom is -0.481 e. The highest BCUT2D eigenvalue weighted by Gasteiger charge is 2.27. The Morgan fingerprint density at radius 3 is 2.48 bits per heavy atom. The van der Waals surface area contributed by atoms with E-state index in [0.717, 1.165) is 19.2 Å². The zero-order valence-corrected chi connectivity index (χ0v) is 13.0. The first kappa shape index (κ1) is 17.7. The molecule has 0 heterocycles. The minimum absolute atomic E-state index is 0.0601. The number of esters is 1. The van der Waals surface area contributed by atoms with Gasteiger partial charge in [-0.1, -0.05) is 23.2 Å². The molecule has 0 aromatic heterocycles. The van der Waals surface area contributed by atoms with Crippen LogP contribution in [0.15, 0.2) is 17.0 Å². The van der Waals surface area contributed by atoms with Gasteiger partial charge in [0.2, 0.25) is 10.0 Å². The molecule has 0 aliphatic rings. The van der Waals surface area contributed by atoms with Crippen LogP contribution in [0.3, 0.4) is 0 Å². The molecular formula is C11H11Cl2NO6S. The molecule has 0 fully saturated rings. The van der Waals surface area contributed by atoms with E-state index in [2.05, 4.69) is 4.74 Å². The number of nitrogens with one attached hydrogen (secondary N) is 1. The van der Waals surface area contributed by atoms with Crippen LogP contribution in [0.25, 0.3) is 0 Å². The lowest BCUT2D eigenvalue weighted by Crippen LogP contribution is -2.28. The van der Waals surface area contributed by atoms with Crippen LogP contribution in [0.2, 0.25) is 10.0 Å². The van der Waals surface area contributed by atoms with Crippen molar-refractivity contribution < 1.29 is 27.9 Å². The van der Waals surface area contributed by atoms with Gasteiger partial charge in [-0.05, 0) is 12.1 Å². The van der Waals surface area contributed by atoms with Crippen LogP contribution in [-0.2, 0) is 19.6 Å². The van der Waals surface area contributed by atoms with Crippen LogP contribution in [0, 0.1) is 0 Å². The zero-order chi connectivity index (χ0) is 16.2. The summed E-state index contributed by atoms with van der Waals surface area (Å²) in [5, 5.41) is 8.29. The normalized spacial score (nSPS) is 11.2. The molecule has 7 nitrogen and oxygen atoms in total. The number of rotatable bonds is 6. The number of hydrogen-bond donors (Lipinski definition) is 2. The fourth-order valence-electron chi connectivity index (χ4n) is 1.46. The molecule has 21 heavy (non-hydrogen) atoms. The molecule has 0 atom stereocenters. The lowest BCUT2D eigenvalue weighted by atomic mass is 10.2. The maximum Gasteiger partial charge on any atom is 0.339 e. The van der Waals surface area contributed by atoms with Crippen molar-refractivity contribution in [3.63, 3.8) is 0 Å². The van der Waals surface area contributed by atoms with Crippen molar-refractivity contribution in [2.75, 3.05) is 13.7 Å². The number of carboxylic acids is 1. The van der Waals surface area contributed by atoms with E-state index in [9.17, 15) is 18.0 Å². The van der Waals surface area contributed by atoms with Gasteiger partial charge in [-0.3, -0.25) is 4.79 Å². The van der Waals surface area contributed by atoms with Crippen LogP contribution in [0.5, 0.6) is 0 Å². The lowest BCUT2D eigenvalue weighted by Gasteiger charge is -2.12. The van der Waals surface area contributed by atoms with Crippen LogP contribution in [0.1, 0.15) is 16.8 Å². The minimum atomic E-state index is -4.19. The van der Waals surface area contributed by atoms with Gasteiger partial charge >= 0.3 is 11.9 Å². The quantitative estimate of drug-likeness (QED) is 0.748. The molecule has 0 spiro atoms. The first-order chi connectivity index (χ1) is 9.69. The summed E-state index contributed by atoms with van der Waals surface area (Å²) in [5.74, 6) is -2.11. The molecule has 0 aliphatic heterocycles. The smallest absolute Gasteiger partial charge is 0.339 e. The number of aliphatic carboxylic acids is 1. The van der Waals surface area contributed by atoms with Crippen molar-refractivity contribution in [3.8, 4) is 0 Å². The molecule has 0 aliphatic carbocycles. The summed E-state index contributed by atoms with van der Waals surface area (Å²) in [7, 11) is -3.12. The number of hydrogen-bond acceptors (Lipinski definition) is 5. The van der Waals surface area contributed by atoms with Crippen molar-refractivity contribution >= 4 is 45.2 Å². The number of benzene rings is 1. The summed E-state index contributed by atoms with van der Waals surface area (Å²) < 4.78 is 30.8. The maximum atomic E-state index is 12.1. The third kappa shape index (κ3) is 4.57. The number of ether oxygens (including phenoxy) is 1. The largest absolute Gasteiger partial charge is 0.481 e. The van der Waals surface area contributed by atoms with Crippen LogP contribution >= 0.6 is 23.2 Å². The van der Waals surface area contributed by atoms with Gasteiger partial charge in [0.15, 0.2) is 0 Å². The molecule has 0 radical (unpaired) electrons. The second-order valence-corrected chi connectivity index (χ2v) is 6.34.